The zero-order chi connectivity index (χ0) is 31.3. The van der Waals surface area contributed by atoms with Crippen LogP contribution in [0, 0.1) is 5.92 Å². The second-order valence-corrected chi connectivity index (χ2v) is 10.7. The van der Waals surface area contributed by atoms with E-state index in [2.05, 4.69) is 20.7 Å². The molecule has 43 heavy (non-hydrogen) atoms. The SMILES string of the molecule is CNC(=O)N1CCN(C(=O)c2ccc(NC(=O)c3ncc(-c4cn(CC5CC5(F)F)nc4C(F)(F)F)n3C)cc2Cl)CC1. The maximum absolute atomic E-state index is 13.8. The number of aromatic nitrogens is 4. The fraction of sp³-hybridized carbons (Fsp3) is 0.423. The third-order valence-electron chi connectivity index (χ3n) is 7.39. The number of hydrogen-bond donors (Lipinski definition) is 2. The second kappa shape index (κ2) is 11.1. The summed E-state index contributed by atoms with van der Waals surface area (Å²) in [5.41, 5.74) is -1.40. The van der Waals surface area contributed by atoms with Gasteiger partial charge < -0.3 is 25.0 Å². The zero-order valence-electron chi connectivity index (χ0n) is 22.9. The van der Waals surface area contributed by atoms with Crippen LogP contribution in [0.4, 0.5) is 32.4 Å². The van der Waals surface area contributed by atoms with Crippen molar-refractivity contribution in [2.45, 2.75) is 25.1 Å². The maximum atomic E-state index is 13.8. The summed E-state index contributed by atoms with van der Waals surface area (Å²) in [5, 5.41) is 8.65. The molecule has 1 atom stereocenters. The van der Waals surface area contributed by atoms with Crippen LogP contribution < -0.4 is 10.6 Å². The van der Waals surface area contributed by atoms with E-state index in [0.29, 0.717) is 26.2 Å². The summed E-state index contributed by atoms with van der Waals surface area (Å²) in [6.45, 7) is 0.941. The van der Waals surface area contributed by atoms with Crippen LogP contribution >= 0.6 is 11.6 Å². The summed E-state index contributed by atoms with van der Waals surface area (Å²) in [5.74, 6) is -5.38. The fourth-order valence-corrected chi connectivity index (χ4v) is 5.13. The van der Waals surface area contributed by atoms with E-state index in [0.717, 1.165) is 21.6 Å². The highest BCUT2D eigenvalue weighted by molar-refractivity contribution is 6.34. The minimum absolute atomic E-state index is 0.0560. The van der Waals surface area contributed by atoms with Crippen molar-refractivity contribution >= 4 is 35.1 Å². The van der Waals surface area contributed by atoms with Gasteiger partial charge in [0.1, 0.15) is 0 Å². The number of nitrogens with one attached hydrogen (secondary N) is 2. The van der Waals surface area contributed by atoms with Gasteiger partial charge in [-0.2, -0.15) is 18.3 Å². The Balaban J connectivity index is 1.29. The lowest BCUT2D eigenvalue weighted by molar-refractivity contribution is -0.141. The Kier molecular flexibility index (Phi) is 7.83. The molecule has 5 rings (SSSR count). The van der Waals surface area contributed by atoms with Crippen molar-refractivity contribution in [1.82, 2.24) is 34.4 Å². The van der Waals surface area contributed by atoms with E-state index in [-0.39, 0.29) is 46.3 Å². The van der Waals surface area contributed by atoms with Gasteiger partial charge in [-0.15, -0.1) is 0 Å². The fourth-order valence-electron chi connectivity index (χ4n) is 4.87. The molecule has 1 aliphatic carbocycles. The van der Waals surface area contributed by atoms with Crippen LogP contribution in [0.1, 0.15) is 33.1 Å². The van der Waals surface area contributed by atoms with Gasteiger partial charge in [-0.1, -0.05) is 11.6 Å². The smallest absolute Gasteiger partial charge is 0.341 e. The lowest BCUT2D eigenvalue weighted by atomic mass is 10.1. The number of benzene rings is 1. The van der Waals surface area contributed by atoms with Gasteiger partial charge in [-0.25, -0.2) is 18.6 Å². The van der Waals surface area contributed by atoms with Crippen LogP contribution in [-0.2, 0) is 19.8 Å². The molecule has 2 N–H and O–H groups in total. The number of carbonyl (C=O) groups excluding carboxylic acids is 3. The monoisotopic (exact) mass is 628 g/mol. The molecule has 11 nitrogen and oxygen atoms in total. The molecular weight excluding hydrogens is 603 g/mol. The second-order valence-electron chi connectivity index (χ2n) is 10.3. The van der Waals surface area contributed by atoms with E-state index >= 15 is 0 Å². The van der Waals surface area contributed by atoms with Crippen molar-refractivity contribution in [3.05, 3.63) is 52.7 Å². The van der Waals surface area contributed by atoms with Gasteiger partial charge in [-0.3, -0.25) is 14.3 Å². The maximum Gasteiger partial charge on any atom is 0.435 e. The molecule has 3 aromatic rings. The number of urea groups is 1. The number of rotatable bonds is 6. The van der Waals surface area contributed by atoms with Crippen LogP contribution in [0.3, 0.4) is 0 Å². The number of carbonyl (C=O) groups is 3. The number of halogens is 6. The minimum atomic E-state index is -4.88. The van der Waals surface area contributed by atoms with Crippen molar-refractivity contribution in [3.8, 4) is 11.3 Å². The topological polar surface area (TPSA) is 117 Å². The quantitative estimate of drug-likeness (QED) is 0.401. The van der Waals surface area contributed by atoms with Crippen molar-refractivity contribution in [3.63, 3.8) is 0 Å². The molecule has 0 spiro atoms. The molecule has 230 valence electrons. The van der Waals surface area contributed by atoms with Gasteiger partial charge in [0, 0.05) is 71.0 Å². The van der Waals surface area contributed by atoms with E-state index < -0.39 is 41.6 Å². The summed E-state index contributed by atoms with van der Waals surface area (Å²) in [7, 11) is 2.86. The predicted octanol–water partition coefficient (Wildman–Crippen LogP) is 3.96. The third-order valence-corrected chi connectivity index (χ3v) is 7.70. The first-order valence-electron chi connectivity index (χ1n) is 13.1. The molecule has 2 fully saturated rings. The highest BCUT2D eigenvalue weighted by Crippen LogP contribution is 2.49. The Bertz CT molecular complexity index is 1580. The van der Waals surface area contributed by atoms with Gasteiger partial charge in [0.2, 0.25) is 0 Å². The van der Waals surface area contributed by atoms with Gasteiger partial charge in [0.25, 0.3) is 17.7 Å². The molecule has 1 aromatic carbocycles. The number of piperazine rings is 1. The first kappa shape index (κ1) is 30.3. The van der Waals surface area contributed by atoms with E-state index in [9.17, 15) is 36.3 Å². The van der Waals surface area contributed by atoms with Crippen molar-refractivity contribution in [2.75, 3.05) is 38.5 Å². The summed E-state index contributed by atoms with van der Waals surface area (Å²) < 4.78 is 69.9. The number of imidazole rings is 1. The third kappa shape index (κ3) is 6.14. The highest BCUT2D eigenvalue weighted by atomic mass is 35.5. The minimum Gasteiger partial charge on any atom is -0.341 e. The Labute approximate surface area is 246 Å². The summed E-state index contributed by atoms with van der Waals surface area (Å²) >= 11 is 6.35. The zero-order valence-corrected chi connectivity index (χ0v) is 23.6. The van der Waals surface area contributed by atoms with E-state index in [1.807, 2.05) is 0 Å². The molecule has 0 bridgehead atoms. The average Bonchev–Trinajstić information content (AvgIpc) is 3.24. The lowest BCUT2D eigenvalue weighted by Gasteiger charge is -2.34. The molecular formula is C26H26ClF5N8O3. The number of amides is 4. The first-order chi connectivity index (χ1) is 20.2. The van der Waals surface area contributed by atoms with Gasteiger partial charge >= 0.3 is 12.2 Å². The summed E-state index contributed by atoms with van der Waals surface area (Å²) in [6, 6.07) is 4.00. The molecule has 17 heteroatoms. The standard InChI is InChI=1S/C26H26ClF5N8O3/c1-33-24(43)39-7-5-38(6-8-39)23(42)16-4-3-15(9-18(16)27)35-22(41)21-34-11-19(37(21)2)17-13-40(12-14-10-25(14,28)29)36-20(17)26(30,31)32/h3-4,9,11,13-14H,5-8,10,12H2,1-2H3,(H,33,43)(H,35,41). The van der Waals surface area contributed by atoms with Crippen LogP contribution in [0.5, 0.6) is 0 Å². The van der Waals surface area contributed by atoms with Crippen LogP contribution in [0.2, 0.25) is 5.02 Å². The van der Waals surface area contributed by atoms with E-state index in [4.69, 9.17) is 11.6 Å². The van der Waals surface area contributed by atoms with Crippen LogP contribution in [0.15, 0.2) is 30.6 Å². The van der Waals surface area contributed by atoms with E-state index in [1.54, 1.807) is 9.80 Å². The number of hydrogen-bond acceptors (Lipinski definition) is 5. The van der Waals surface area contributed by atoms with Gasteiger partial charge in [-0.05, 0) is 18.2 Å². The van der Waals surface area contributed by atoms with Gasteiger partial charge in [0.05, 0.1) is 28.0 Å². The number of alkyl halides is 5. The largest absolute Gasteiger partial charge is 0.435 e. The Hall–Kier alpha value is -4.21. The predicted molar refractivity (Wildman–Crippen MR) is 144 cm³/mol. The Morgan fingerprint density at radius 2 is 1.77 bits per heavy atom. The molecule has 3 heterocycles. The van der Waals surface area contributed by atoms with Crippen LogP contribution in [0.25, 0.3) is 11.3 Å². The first-order valence-corrected chi connectivity index (χ1v) is 13.5. The van der Waals surface area contributed by atoms with Crippen molar-refractivity contribution in [2.24, 2.45) is 13.0 Å². The molecule has 2 aliphatic rings. The summed E-state index contributed by atoms with van der Waals surface area (Å²) in [4.78, 5) is 44.9. The number of nitrogens with zero attached hydrogens (tertiary/aromatic N) is 6. The molecule has 2 aromatic heterocycles. The van der Waals surface area contributed by atoms with Crippen molar-refractivity contribution in [1.29, 1.82) is 0 Å². The Morgan fingerprint density at radius 3 is 2.35 bits per heavy atom. The molecule has 1 aliphatic heterocycles. The molecule has 1 unspecified atom stereocenters. The highest BCUT2D eigenvalue weighted by Gasteiger charge is 2.57. The lowest BCUT2D eigenvalue weighted by Crippen LogP contribution is -2.52. The number of anilines is 1. The van der Waals surface area contributed by atoms with Gasteiger partial charge in [0.15, 0.2) is 11.5 Å². The van der Waals surface area contributed by atoms with Crippen molar-refractivity contribution < 1.29 is 36.3 Å². The normalized spacial score (nSPS) is 18.0. The molecule has 1 saturated heterocycles. The van der Waals surface area contributed by atoms with E-state index in [1.165, 1.54) is 32.3 Å². The molecule has 4 amide bonds. The molecule has 0 radical (unpaired) electrons. The molecule has 1 saturated carbocycles. The summed E-state index contributed by atoms with van der Waals surface area (Å²) in [6.07, 6.45) is -3.22. The van der Waals surface area contributed by atoms with Crippen LogP contribution in [-0.4, -0.2) is 86.1 Å². The Morgan fingerprint density at radius 1 is 1.12 bits per heavy atom. The average molecular weight is 629 g/mol.